The molecule has 1 N–H and O–H groups in total. The molecule has 102 valence electrons. The molecule has 1 aliphatic heterocycles. The quantitative estimate of drug-likeness (QED) is 0.942. The maximum atomic E-state index is 12.0. The smallest absolute Gasteiger partial charge is 0.244 e. The number of carbonyl (C=O) groups is 2. The molecule has 20 heavy (non-hydrogen) atoms. The van der Waals surface area contributed by atoms with Crippen molar-refractivity contribution in [2.24, 2.45) is 0 Å². The van der Waals surface area contributed by atoms with Gasteiger partial charge in [-0.05, 0) is 11.5 Å². The van der Waals surface area contributed by atoms with Gasteiger partial charge in [-0.1, -0.05) is 36.4 Å². The van der Waals surface area contributed by atoms with Gasteiger partial charge >= 0.3 is 0 Å². The molecule has 5 heteroatoms. The van der Waals surface area contributed by atoms with Crippen molar-refractivity contribution >= 4 is 40.0 Å². The molecule has 1 heterocycles. The van der Waals surface area contributed by atoms with Gasteiger partial charge in [0, 0.05) is 11.1 Å². The summed E-state index contributed by atoms with van der Waals surface area (Å²) in [7, 11) is 0. The monoisotopic (exact) mass is 286 g/mol. The highest BCUT2D eigenvalue weighted by molar-refractivity contribution is 8.00. The Morgan fingerprint density at radius 3 is 2.80 bits per heavy atom. The van der Waals surface area contributed by atoms with Crippen molar-refractivity contribution in [3.63, 3.8) is 0 Å². The summed E-state index contributed by atoms with van der Waals surface area (Å²) in [5.74, 6) is 0.948. The highest BCUT2D eigenvalue weighted by atomic mass is 32.2. The molecule has 0 aromatic heterocycles. The lowest BCUT2D eigenvalue weighted by Crippen LogP contribution is -2.34. The highest BCUT2D eigenvalue weighted by Crippen LogP contribution is 2.23. The molecule has 0 aliphatic carbocycles. The molecular formula is C15H14N2O2S. The topological polar surface area (TPSA) is 49.4 Å². The lowest BCUT2D eigenvalue weighted by molar-refractivity contribution is -0.130. The van der Waals surface area contributed by atoms with E-state index in [1.54, 1.807) is 4.90 Å². The molecular weight excluding hydrogens is 272 g/mol. The number of nitrogens with zero attached hydrogens (tertiary/aromatic N) is 1. The number of fused-ring (bicyclic) bond motifs is 1. The third-order valence-corrected chi connectivity index (χ3v) is 4.17. The Kier molecular flexibility index (Phi) is 3.60. The Balaban J connectivity index is 1.76. The van der Waals surface area contributed by atoms with Gasteiger partial charge < -0.3 is 10.2 Å². The maximum Gasteiger partial charge on any atom is 0.244 e. The number of anilines is 1. The zero-order valence-electron chi connectivity index (χ0n) is 10.8. The summed E-state index contributed by atoms with van der Waals surface area (Å²) in [6, 6.07) is 13.7. The van der Waals surface area contributed by atoms with E-state index >= 15 is 0 Å². The number of amides is 2. The van der Waals surface area contributed by atoms with Crippen LogP contribution >= 0.6 is 11.8 Å². The average Bonchev–Trinajstić information content (AvgIpc) is 2.85. The van der Waals surface area contributed by atoms with Gasteiger partial charge in [-0.25, -0.2) is 0 Å². The third kappa shape index (κ3) is 2.63. The van der Waals surface area contributed by atoms with Crippen molar-refractivity contribution in [2.45, 2.75) is 0 Å². The molecule has 1 fully saturated rings. The van der Waals surface area contributed by atoms with Gasteiger partial charge in [-0.3, -0.25) is 9.59 Å². The van der Waals surface area contributed by atoms with Crippen LogP contribution in [0.4, 0.5) is 5.69 Å². The van der Waals surface area contributed by atoms with Crippen LogP contribution in [0.3, 0.4) is 0 Å². The molecule has 1 aliphatic rings. The minimum absolute atomic E-state index is 0.0306. The Bertz CT molecular complexity index is 666. The average molecular weight is 286 g/mol. The van der Waals surface area contributed by atoms with Gasteiger partial charge in [0.25, 0.3) is 0 Å². The van der Waals surface area contributed by atoms with Crippen LogP contribution in [-0.4, -0.2) is 34.9 Å². The fourth-order valence-electron chi connectivity index (χ4n) is 2.24. The van der Waals surface area contributed by atoms with Gasteiger partial charge in [0.2, 0.25) is 11.8 Å². The zero-order chi connectivity index (χ0) is 13.9. The Morgan fingerprint density at radius 1 is 1.20 bits per heavy atom. The van der Waals surface area contributed by atoms with E-state index in [0.29, 0.717) is 11.6 Å². The fourth-order valence-corrected chi connectivity index (χ4v) is 3.14. The number of hydrogen-bond acceptors (Lipinski definition) is 3. The molecule has 0 saturated carbocycles. The van der Waals surface area contributed by atoms with Crippen LogP contribution in [0, 0.1) is 0 Å². The van der Waals surface area contributed by atoms with Crippen LogP contribution in [-0.2, 0) is 9.59 Å². The largest absolute Gasteiger partial charge is 0.324 e. The summed E-state index contributed by atoms with van der Waals surface area (Å²) in [5, 5.41) is 4.98. The Labute approximate surface area is 121 Å². The molecule has 0 atom stereocenters. The Hall–Kier alpha value is -2.01. The molecule has 2 amide bonds. The summed E-state index contributed by atoms with van der Waals surface area (Å²) in [6.45, 7) is 0.120. The van der Waals surface area contributed by atoms with Crippen LogP contribution in [0.5, 0.6) is 0 Å². The van der Waals surface area contributed by atoms with Crippen LogP contribution in [0.2, 0.25) is 0 Å². The summed E-state index contributed by atoms with van der Waals surface area (Å²) in [5.41, 5.74) is 0.785. The number of hydrogen-bond donors (Lipinski definition) is 1. The number of rotatable bonds is 3. The summed E-state index contributed by atoms with van der Waals surface area (Å²) in [6.07, 6.45) is 0. The first-order valence-corrected chi connectivity index (χ1v) is 7.52. The summed E-state index contributed by atoms with van der Waals surface area (Å²) < 4.78 is 0. The van der Waals surface area contributed by atoms with Crippen LogP contribution in [0.25, 0.3) is 10.8 Å². The van der Waals surface area contributed by atoms with E-state index in [0.717, 1.165) is 16.5 Å². The van der Waals surface area contributed by atoms with E-state index in [4.69, 9.17) is 0 Å². The molecule has 0 spiro atoms. The number of thioether (sulfide) groups is 1. The van der Waals surface area contributed by atoms with E-state index < -0.39 is 0 Å². The predicted molar refractivity (Wildman–Crippen MR) is 81.6 cm³/mol. The van der Waals surface area contributed by atoms with Gasteiger partial charge in [0.05, 0.1) is 11.6 Å². The molecule has 2 aromatic carbocycles. The first kappa shape index (κ1) is 13.0. The van der Waals surface area contributed by atoms with Crippen molar-refractivity contribution < 1.29 is 9.59 Å². The van der Waals surface area contributed by atoms with E-state index in [-0.39, 0.29) is 18.4 Å². The van der Waals surface area contributed by atoms with Crippen LogP contribution in [0.15, 0.2) is 42.5 Å². The van der Waals surface area contributed by atoms with Gasteiger partial charge in [-0.15, -0.1) is 11.8 Å². The fraction of sp³-hybridized carbons (Fsp3) is 0.200. The first-order chi connectivity index (χ1) is 9.74. The lowest BCUT2D eigenvalue weighted by atomic mass is 10.1. The molecule has 0 bridgehead atoms. The number of nitrogens with one attached hydrogen (secondary N) is 1. The molecule has 2 aromatic rings. The summed E-state index contributed by atoms with van der Waals surface area (Å²) in [4.78, 5) is 25.1. The Morgan fingerprint density at radius 2 is 2.00 bits per heavy atom. The van der Waals surface area contributed by atoms with Gasteiger partial charge in [-0.2, -0.15) is 0 Å². The maximum absolute atomic E-state index is 12.0. The van der Waals surface area contributed by atoms with E-state index in [9.17, 15) is 9.59 Å². The van der Waals surface area contributed by atoms with E-state index in [1.807, 2.05) is 42.5 Å². The standard InChI is InChI=1S/C15H14N2O2S/c18-14(8-17-10-20-9-15(17)19)16-13-7-3-5-11-4-1-2-6-12(11)13/h1-7H,8-10H2,(H,16,18). The predicted octanol–water partition coefficient (Wildman–Crippen LogP) is 2.31. The van der Waals surface area contributed by atoms with Crippen LogP contribution < -0.4 is 5.32 Å². The number of benzene rings is 2. The first-order valence-electron chi connectivity index (χ1n) is 6.37. The van der Waals surface area contributed by atoms with Crippen molar-refractivity contribution in [3.05, 3.63) is 42.5 Å². The second-order valence-electron chi connectivity index (χ2n) is 4.64. The van der Waals surface area contributed by atoms with Crippen molar-refractivity contribution in [3.8, 4) is 0 Å². The second kappa shape index (κ2) is 5.54. The highest BCUT2D eigenvalue weighted by Gasteiger charge is 2.22. The minimum Gasteiger partial charge on any atom is -0.324 e. The van der Waals surface area contributed by atoms with Crippen LogP contribution in [0.1, 0.15) is 0 Å². The van der Waals surface area contributed by atoms with Gasteiger partial charge in [0.1, 0.15) is 6.54 Å². The molecule has 4 nitrogen and oxygen atoms in total. The van der Waals surface area contributed by atoms with Crippen molar-refractivity contribution in [2.75, 3.05) is 23.5 Å². The normalized spacial score (nSPS) is 14.8. The number of carbonyl (C=O) groups excluding carboxylic acids is 2. The summed E-state index contributed by atoms with van der Waals surface area (Å²) >= 11 is 1.54. The van der Waals surface area contributed by atoms with E-state index in [1.165, 1.54) is 11.8 Å². The minimum atomic E-state index is -0.155. The SMILES string of the molecule is O=C(CN1CSCC1=O)Nc1cccc2ccccc12. The second-order valence-corrected chi connectivity index (χ2v) is 5.60. The molecule has 3 rings (SSSR count). The van der Waals surface area contributed by atoms with Crippen molar-refractivity contribution in [1.82, 2.24) is 4.90 Å². The van der Waals surface area contributed by atoms with E-state index in [2.05, 4.69) is 5.32 Å². The van der Waals surface area contributed by atoms with Crippen molar-refractivity contribution in [1.29, 1.82) is 0 Å². The third-order valence-electron chi connectivity index (χ3n) is 3.22. The molecule has 0 radical (unpaired) electrons. The lowest BCUT2D eigenvalue weighted by Gasteiger charge is -2.15. The van der Waals surface area contributed by atoms with Gasteiger partial charge in [0.15, 0.2) is 0 Å². The zero-order valence-corrected chi connectivity index (χ0v) is 11.7. The molecule has 0 unspecified atom stereocenters. The molecule has 1 saturated heterocycles.